The van der Waals surface area contributed by atoms with Crippen LogP contribution >= 0.6 is 0 Å². The molecule has 0 N–H and O–H groups in total. The van der Waals surface area contributed by atoms with E-state index >= 15 is 0 Å². The Morgan fingerprint density at radius 2 is 1.71 bits per heavy atom. The van der Waals surface area contributed by atoms with Gasteiger partial charge in [-0.3, -0.25) is 4.79 Å². The average Bonchev–Trinajstić information content (AvgIpc) is 2.63. The van der Waals surface area contributed by atoms with E-state index in [1.54, 1.807) is 0 Å². The smallest absolute Gasteiger partial charge is 0.314 e. The van der Waals surface area contributed by atoms with Gasteiger partial charge in [-0.2, -0.15) is 13.2 Å². The average molecular weight is 300 g/mol. The van der Waals surface area contributed by atoms with Crippen molar-refractivity contribution in [2.45, 2.75) is 20.0 Å². The summed E-state index contributed by atoms with van der Waals surface area (Å²) in [5.74, 6) is -0.227. The Bertz CT molecular complexity index is 552. The fourth-order valence-corrected chi connectivity index (χ4v) is 2.19. The van der Waals surface area contributed by atoms with Crippen LogP contribution in [-0.4, -0.2) is 29.9 Å². The van der Waals surface area contributed by atoms with Crippen LogP contribution in [0.3, 0.4) is 0 Å². The first kappa shape index (κ1) is 15.3. The molecule has 0 bridgehead atoms. The molecule has 1 aliphatic heterocycles. The molecule has 3 amide bonds. The molecule has 4 nitrogen and oxygen atoms in total. The van der Waals surface area contributed by atoms with Crippen LogP contribution in [0.4, 0.5) is 23.7 Å². The number of alkyl halides is 3. The second-order valence-electron chi connectivity index (χ2n) is 5.33. The number of carbonyl (C=O) groups is 2. The zero-order valence-corrected chi connectivity index (χ0v) is 11.6. The van der Waals surface area contributed by atoms with Crippen molar-refractivity contribution in [3.8, 4) is 0 Å². The van der Waals surface area contributed by atoms with Crippen molar-refractivity contribution >= 4 is 17.6 Å². The lowest BCUT2D eigenvalue weighted by Gasteiger charge is -2.19. The van der Waals surface area contributed by atoms with E-state index in [0.29, 0.717) is 6.54 Å². The highest BCUT2D eigenvalue weighted by Gasteiger charge is 2.37. The number of nitrogens with zero attached hydrogens (tertiary/aromatic N) is 2. The molecule has 7 heteroatoms. The Morgan fingerprint density at radius 1 is 1.14 bits per heavy atom. The zero-order valence-electron chi connectivity index (χ0n) is 11.6. The van der Waals surface area contributed by atoms with Crippen molar-refractivity contribution in [3.63, 3.8) is 0 Å². The summed E-state index contributed by atoms with van der Waals surface area (Å²) < 4.78 is 37.5. The monoisotopic (exact) mass is 300 g/mol. The number of imide groups is 1. The molecule has 1 saturated heterocycles. The second kappa shape index (κ2) is 5.38. The molecular weight excluding hydrogens is 285 g/mol. The van der Waals surface area contributed by atoms with Crippen LogP contribution in [0.2, 0.25) is 0 Å². The van der Waals surface area contributed by atoms with Crippen LogP contribution in [-0.2, 0) is 11.0 Å². The molecule has 1 aliphatic rings. The number of halogens is 3. The minimum atomic E-state index is -4.44. The highest BCUT2D eigenvalue weighted by atomic mass is 19.4. The molecule has 0 saturated carbocycles. The summed E-state index contributed by atoms with van der Waals surface area (Å²) in [5.41, 5.74) is -0.659. The Labute approximate surface area is 120 Å². The van der Waals surface area contributed by atoms with E-state index in [0.717, 1.165) is 29.2 Å². The third-order valence-corrected chi connectivity index (χ3v) is 3.08. The van der Waals surface area contributed by atoms with Crippen LogP contribution in [0.25, 0.3) is 0 Å². The number of carbonyl (C=O) groups excluding carboxylic acids is 2. The summed E-state index contributed by atoms with van der Waals surface area (Å²) >= 11 is 0. The van der Waals surface area contributed by atoms with Crippen molar-refractivity contribution < 1.29 is 22.8 Å². The van der Waals surface area contributed by atoms with Gasteiger partial charge in [0.2, 0.25) is 0 Å². The molecule has 1 fully saturated rings. The minimum Gasteiger partial charge on any atom is -0.314 e. The Kier molecular flexibility index (Phi) is 3.93. The zero-order chi connectivity index (χ0) is 15.8. The van der Waals surface area contributed by atoms with Gasteiger partial charge in [0.25, 0.3) is 5.91 Å². The topological polar surface area (TPSA) is 40.6 Å². The third-order valence-electron chi connectivity index (χ3n) is 3.08. The van der Waals surface area contributed by atoms with Gasteiger partial charge in [-0.15, -0.1) is 0 Å². The fraction of sp³-hybridized carbons (Fsp3) is 0.429. The van der Waals surface area contributed by atoms with Crippen molar-refractivity contribution in [3.05, 3.63) is 29.8 Å². The molecule has 0 aromatic heterocycles. The van der Waals surface area contributed by atoms with E-state index in [-0.39, 0.29) is 18.2 Å². The highest BCUT2D eigenvalue weighted by molar-refractivity contribution is 6.19. The van der Waals surface area contributed by atoms with Gasteiger partial charge in [-0.25, -0.2) is 9.69 Å². The summed E-state index contributed by atoms with van der Waals surface area (Å²) in [4.78, 5) is 26.4. The molecule has 1 heterocycles. The summed E-state index contributed by atoms with van der Waals surface area (Å²) in [6.07, 6.45) is -4.44. The van der Waals surface area contributed by atoms with E-state index in [1.807, 2.05) is 13.8 Å². The standard InChI is InChI=1S/C14H15F3N2O2/c1-9(2)7-18-8-12(20)19(13(18)21)11-5-3-10(4-6-11)14(15,16)17/h3-6,9H,7-8H2,1-2H3. The summed E-state index contributed by atoms with van der Waals surface area (Å²) in [6, 6.07) is 3.50. The molecule has 0 radical (unpaired) electrons. The molecule has 0 spiro atoms. The molecule has 0 aliphatic carbocycles. The van der Waals surface area contributed by atoms with E-state index in [1.165, 1.54) is 4.90 Å². The molecule has 114 valence electrons. The van der Waals surface area contributed by atoms with Crippen molar-refractivity contribution in [2.24, 2.45) is 5.92 Å². The summed E-state index contributed by atoms with van der Waals surface area (Å²) in [6.45, 7) is 4.22. The van der Waals surface area contributed by atoms with E-state index in [9.17, 15) is 22.8 Å². The van der Waals surface area contributed by atoms with Crippen LogP contribution in [0.15, 0.2) is 24.3 Å². The maximum Gasteiger partial charge on any atom is 0.416 e. The molecule has 0 atom stereocenters. The fourth-order valence-electron chi connectivity index (χ4n) is 2.19. The highest BCUT2D eigenvalue weighted by Crippen LogP contribution is 2.31. The van der Waals surface area contributed by atoms with Gasteiger partial charge in [-0.05, 0) is 30.2 Å². The number of hydrogen-bond acceptors (Lipinski definition) is 2. The van der Waals surface area contributed by atoms with E-state index in [2.05, 4.69) is 0 Å². The maximum absolute atomic E-state index is 12.5. The SMILES string of the molecule is CC(C)CN1CC(=O)N(c2ccc(C(F)(F)F)cc2)C1=O. The van der Waals surface area contributed by atoms with Gasteiger partial charge in [0.05, 0.1) is 11.3 Å². The molecule has 1 aromatic carbocycles. The van der Waals surface area contributed by atoms with Gasteiger partial charge < -0.3 is 4.90 Å². The molecular formula is C14H15F3N2O2. The number of amides is 3. The molecule has 21 heavy (non-hydrogen) atoms. The van der Waals surface area contributed by atoms with E-state index < -0.39 is 23.7 Å². The van der Waals surface area contributed by atoms with Crippen LogP contribution in [0.5, 0.6) is 0 Å². The quantitative estimate of drug-likeness (QED) is 0.805. The number of anilines is 1. The number of urea groups is 1. The maximum atomic E-state index is 12.5. The predicted octanol–water partition coefficient (Wildman–Crippen LogP) is 3.13. The summed E-state index contributed by atoms with van der Waals surface area (Å²) in [7, 11) is 0. The van der Waals surface area contributed by atoms with Crippen molar-refractivity contribution in [2.75, 3.05) is 18.0 Å². The van der Waals surface area contributed by atoms with Gasteiger partial charge >= 0.3 is 12.2 Å². The lowest BCUT2D eigenvalue weighted by Crippen LogP contribution is -2.34. The Morgan fingerprint density at radius 3 is 2.19 bits per heavy atom. The van der Waals surface area contributed by atoms with Crippen LogP contribution < -0.4 is 4.90 Å². The number of hydrogen-bond donors (Lipinski definition) is 0. The first-order chi connectivity index (χ1) is 9.70. The van der Waals surface area contributed by atoms with E-state index in [4.69, 9.17) is 0 Å². The van der Waals surface area contributed by atoms with Crippen LogP contribution in [0.1, 0.15) is 19.4 Å². The molecule has 2 rings (SSSR count). The normalized spacial score (nSPS) is 16.3. The Balaban J connectivity index is 2.22. The predicted molar refractivity (Wildman–Crippen MR) is 70.7 cm³/mol. The first-order valence-corrected chi connectivity index (χ1v) is 6.49. The van der Waals surface area contributed by atoms with Crippen LogP contribution in [0, 0.1) is 5.92 Å². The summed E-state index contributed by atoms with van der Waals surface area (Å²) in [5, 5.41) is 0. The van der Waals surface area contributed by atoms with Gasteiger partial charge in [-0.1, -0.05) is 13.8 Å². The lowest BCUT2D eigenvalue weighted by atomic mass is 10.2. The lowest BCUT2D eigenvalue weighted by molar-refractivity contribution is -0.137. The number of benzene rings is 1. The van der Waals surface area contributed by atoms with Gasteiger partial charge in [0, 0.05) is 6.54 Å². The largest absolute Gasteiger partial charge is 0.416 e. The van der Waals surface area contributed by atoms with Gasteiger partial charge in [0.15, 0.2) is 0 Å². The van der Waals surface area contributed by atoms with Crippen molar-refractivity contribution in [1.82, 2.24) is 4.90 Å². The third kappa shape index (κ3) is 3.17. The second-order valence-corrected chi connectivity index (χ2v) is 5.33. The Hall–Kier alpha value is -2.05. The van der Waals surface area contributed by atoms with Gasteiger partial charge in [0.1, 0.15) is 6.54 Å². The number of rotatable bonds is 3. The molecule has 0 unspecified atom stereocenters. The molecule has 1 aromatic rings. The van der Waals surface area contributed by atoms with Crippen molar-refractivity contribution in [1.29, 1.82) is 0 Å². The minimum absolute atomic E-state index is 0.0436. The first-order valence-electron chi connectivity index (χ1n) is 6.49.